The van der Waals surface area contributed by atoms with Crippen molar-refractivity contribution < 1.29 is 4.79 Å². The molecule has 2 aromatic rings. The van der Waals surface area contributed by atoms with Gasteiger partial charge < -0.3 is 15.5 Å². The number of piperidine rings is 1. The van der Waals surface area contributed by atoms with Gasteiger partial charge in [0.05, 0.1) is 10.7 Å². The second kappa shape index (κ2) is 7.28. The van der Waals surface area contributed by atoms with Gasteiger partial charge in [0.25, 0.3) is 0 Å². The normalized spacial score (nSPS) is 15.3. The van der Waals surface area contributed by atoms with E-state index in [9.17, 15) is 4.79 Å². The topological polar surface area (TPSA) is 70.2 Å². The van der Waals surface area contributed by atoms with E-state index in [2.05, 4.69) is 20.6 Å². The summed E-state index contributed by atoms with van der Waals surface area (Å²) in [6.45, 7) is 1.39. The maximum absolute atomic E-state index is 12.3. The maximum Gasteiger partial charge on any atom is 0.321 e. The lowest BCUT2D eigenvalue weighted by Gasteiger charge is -2.32. The van der Waals surface area contributed by atoms with Gasteiger partial charge in [-0.05, 0) is 31.0 Å². The van der Waals surface area contributed by atoms with E-state index in [1.54, 1.807) is 18.3 Å². The molecule has 1 aromatic carbocycles. The zero-order valence-corrected chi connectivity index (χ0v) is 13.3. The van der Waals surface area contributed by atoms with Crippen LogP contribution in [0, 0.1) is 0 Å². The van der Waals surface area contributed by atoms with Crippen molar-refractivity contribution in [3.05, 3.63) is 47.9 Å². The van der Waals surface area contributed by atoms with Gasteiger partial charge in [-0.2, -0.15) is 0 Å². The highest BCUT2D eigenvalue weighted by Crippen LogP contribution is 2.22. The first-order chi connectivity index (χ1) is 11.2. The predicted molar refractivity (Wildman–Crippen MR) is 90.7 cm³/mol. The molecule has 2 heterocycles. The highest BCUT2D eigenvalue weighted by Gasteiger charge is 2.23. The number of nitrogens with one attached hydrogen (secondary N) is 2. The van der Waals surface area contributed by atoms with Crippen LogP contribution in [0.15, 0.2) is 42.9 Å². The van der Waals surface area contributed by atoms with Crippen molar-refractivity contribution in [3.8, 4) is 0 Å². The molecule has 0 spiro atoms. The summed E-state index contributed by atoms with van der Waals surface area (Å²) in [5.41, 5.74) is 0.639. The Hall–Kier alpha value is -2.34. The number of benzene rings is 1. The second-order valence-electron chi connectivity index (χ2n) is 5.41. The lowest BCUT2D eigenvalue weighted by atomic mass is 10.1. The number of halogens is 1. The Morgan fingerprint density at radius 1 is 1.22 bits per heavy atom. The van der Waals surface area contributed by atoms with E-state index in [4.69, 9.17) is 11.6 Å². The number of likely N-dealkylation sites (tertiary alicyclic amines) is 1. The third kappa shape index (κ3) is 4.10. The number of anilines is 2. The third-order valence-corrected chi connectivity index (χ3v) is 4.16. The van der Waals surface area contributed by atoms with E-state index in [1.807, 2.05) is 23.1 Å². The molecule has 0 unspecified atom stereocenters. The highest BCUT2D eigenvalue weighted by atomic mass is 35.5. The van der Waals surface area contributed by atoms with E-state index >= 15 is 0 Å². The standard InChI is InChI=1S/C16H18ClN5O/c17-13-3-1-2-4-14(13)21-16(23)22-9-6-12(7-10-22)20-15-5-8-18-11-19-15/h1-5,8,11-12H,6-7,9-10H2,(H,21,23)(H,18,19,20). The van der Waals surface area contributed by atoms with Gasteiger partial charge in [0.15, 0.2) is 0 Å². The largest absolute Gasteiger partial charge is 0.367 e. The van der Waals surface area contributed by atoms with Gasteiger partial charge in [-0.3, -0.25) is 0 Å². The minimum atomic E-state index is -0.112. The Balaban J connectivity index is 1.50. The molecular formula is C16H18ClN5O. The number of urea groups is 1. The summed E-state index contributed by atoms with van der Waals surface area (Å²) in [5, 5.41) is 6.77. The molecule has 1 saturated heterocycles. The van der Waals surface area contributed by atoms with Crippen LogP contribution in [-0.4, -0.2) is 40.0 Å². The number of rotatable bonds is 3. The molecule has 1 aliphatic rings. The summed E-state index contributed by atoms with van der Waals surface area (Å²) in [4.78, 5) is 22.2. The quantitative estimate of drug-likeness (QED) is 0.905. The van der Waals surface area contributed by atoms with Crippen molar-refractivity contribution >= 4 is 29.1 Å². The molecule has 1 aromatic heterocycles. The number of nitrogens with zero attached hydrogens (tertiary/aromatic N) is 3. The van der Waals surface area contributed by atoms with Crippen LogP contribution in [0.2, 0.25) is 5.02 Å². The van der Waals surface area contributed by atoms with Crippen LogP contribution in [0.1, 0.15) is 12.8 Å². The van der Waals surface area contributed by atoms with Crippen LogP contribution in [0.5, 0.6) is 0 Å². The zero-order valence-electron chi connectivity index (χ0n) is 12.6. The number of hydrogen-bond donors (Lipinski definition) is 2. The molecule has 3 rings (SSSR count). The molecule has 1 aliphatic heterocycles. The molecule has 7 heteroatoms. The molecule has 2 amide bonds. The van der Waals surface area contributed by atoms with Gasteiger partial charge in [-0.1, -0.05) is 23.7 Å². The third-order valence-electron chi connectivity index (χ3n) is 3.83. The number of para-hydroxylation sites is 1. The average molecular weight is 332 g/mol. The fourth-order valence-corrected chi connectivity index (χ4v) is 2.75. The van der Waals surface area contributed by atoms with Gasteiger partial charge in [-0.25, -0.2) is 14.8 Å². The van der Waals surface area contributed by atoms with E-state index in [0.717, 1.165) is 18.7 Å². The Labute approximate surface area is 139 Å². The average Bonchev–Trinajstić information content (AvgIpc) is 2.58. The molecule has 23 heavy (non-hydrogen) atoms. The number of carbonyl (C=O) groups excluding carboxylic acids is 1. The minimum Gasteiger partial charge on any atom is -0.367 e. The fraction of sp³-hybridized carbons (Fsp3) is 0.312. The number of carbonyl (C=O) groups is 1. The Bertz CT molecular complexity index is 659. The molecule has 0 aliphatic carbocycles. The molecule has 120 valence electrons. The minimum absolute atomic E-state index is 0.112. The van der Waals surface area contributed by atoms with Crippen molar-refractivity contribution in [3.63, 3.8) is 0 Å². The van der Waals surface area contributed by atoms with Crippen molar-refractivity contribution in [1.82, 2.24) is 14.9 Å². The first-order valence-electron chi connectivity index (χ1n) is 7.55. The van der Waals surface area contributed by atoms with E-state index < -0.39 is 0 Å². The van der Waals surface area contributed by atoms with E-state index in [-0.39, 0.29) is 6.03 Å². The monoisotopic (exact) mass is 331 g/mol. The van der Waals surface area contributed by atoms with Gasteiger partial charge >= 0.3 is 6.03 Å². The van der Waals surface area contributed by atoms with Crippen LogP contribution in [-0.2, 0) is 0 Å². The number of hydrogen-bond acceptors (Lipinski definition) is 4. The Morgan fingerprint density at radius 2 is 2.00 bits per heavy atom. The first-order valence-corrected chi connectivity index (χ1v) is 7.93. The maximum atomic E-state index is 12.3. The summed E-state index contributed by atoms with van der Waals surface area (Å²) < 4.78 is 0. The highest BCUT2D eigenvalue weighted by molar-refractivity contribution is 6.33. The number of aromatic nitrogens is 2. The van der Waals surface area contributed by atoms with Crippen LogP contribution < -0.4 is 10.6 Å². The van der Waals surface area contributed by atoms with Crippen LogP contribution in [0.3, 0.4) is 0 Å². The molecule has 0 atom stereocenters. The van der Waals surface area contributed by atoms with E-state index in [0.29, 0.717) is 29.8 Å². The fourth-order valence-electron chi connectivity index (χ4n) is 2.57. The smallest absolute Gasteiger partial charge is 0.321 e. The summed E-state index contributed by atoms with van der Waals surface area (Å²) in [5.74, 6) is 0.818. The molecule has 0 saturated carbocycles. The van der Waals surface area contributed by atoms with Crippen LogP contribution >= 0.6 is 11.6 Å². The predicted octanol–water partition coefficient (Wildman–Crippen LogP) is 3.24. The Morgan fingerprint density at radius 3 is 2.70 bits per heavy atom. The lowest BCUT2D eigenvalue weighted by Crippen LogP contribution is -2.44. The summed E-state index contributed by atoms with van der Waals surface area (Å²) in [7, 11) is 0. The van der Waals surface area contributed by atoms with Crippen LogP contribution in [0.25, 0.3) is 0 Å². The first kappa shape index (κ1) is 15.6. The van der Waals surface area contributed by atoms with Crippen molar-refractivity contribution in [2.45, 2.75) is 18.9 Å². The Kier molecular flexibility index (Phi) is 4.92. The van der Waals surface area contributed by atoms with Crippen LogP contribution in [0.4, 0.5) is 16.3 Å². The molecule has 2 N–H and O–H groups in total. The molecular weight excluding hydrogens is 314 g/mol. The molecule has 1 fully saturated rings. The zero-order chi connectivity index (χ0) is 16.1. The summed E-state index contributed by atoms with van der Waals surface area (Å²) in [6, 6.07) is 9.28. The molecule has 0 bridgehead atoms. The second-order valence-corrected chi connectivity index (χ2v) is 5.82. The molecule has 0 radical (unpaired) electrons. The van der Waals surface area contributed by atoms with Gasteiger partial charge in [0.2, 0.25) is 0 Å². The van der Waals surface area contributed by atoms with E-state index in [1.165, 1.54) is 6.33 Å². The van der Waals surface area contributed by atoms with Crippen molar-refractivity contribution in [2.24, 2.45) is 0 Å². The SMILES string of the molecule is O=C(Nc1ccccc1Cl)N1CCC(Nc2ccncn2)CC1. The van der Waals surface area contributed by atoms with Crippen molar-refractivity contribution in [2.75, 3.05) is 23.7 Å². The van der Waals surface area contributed by atoms with Gasteiger partial charge in [0.1, 0.15) is 12.1 Å². The van der Waals surface area contributed by atoms with Gasteiger partial charge in [0, 0.05) is 25.3 Å². The van der Waals surface area contributed by atoms with Gasteiger partial charge in [-0.15, -0.1) is 0 Å². The van der Waals surface area contributed by atoms with Crippen molar-refractivity contribution in [1.29, 1.82) is 0 Å². The summed E-state index contributed by atoms with van der Waals surface area (Å²) >= 11 is 6.07. The number of amides is 2. The lowest BCUT2D eigenvalue weighted by molar-refractivity contribution is 0.197. The summed E-state index contributed by atoms with van der Waals surface area (Å²) in [6.07, 6.45) is 4.98. The molecule has 6 nitrogen and oxygen atoms in total.